The van der Waals surface area contributed by atoms with Gasteiger partial charge in [0.25, 0.3) is 0 Å². The molecule has 0 amide bonds. The van der Waals surface area contributed by atoms with Crippen LogP contribution in [0.4, 0.5) is 0 Å². The van der Waals surface area contributed by atoms with Crippen LogP contribution >= 0.6 is 33.3 Å². The molecule has 0 rings (SSSR count). The molecule has 0 saturated carbocycles. The SMILES string of the molecule is C=C(CNP(P)PP)NC.CC. The van der Waals surface area contributed by atoms with Crippen molar-refractivity contribution < 1.29 is 0 Å². The molecule has 0 aromatic carbocycles. The Morgan fingerprint density at radius 1 is 1.58 bits per heavy atom. The molecule has 2 N–H and O–H groups in total. The Morgan fingerprint density at radius 2 is 2.08 bits per heavy atom. The van der Waals surface area contributed by atoms with Crippen LogP contribution in [0.5, 0.6) is 0 Å². The van der Waals surface area contributed by atoms with E-state index >= 15 is 0 Å². The molecule has 0 aliphatic heterocycles. The summed E-state index contributed by atoms with van der Waals surface area (Å²) in [5.74, 6) is 0. The van der Waals surface area contributed by atoms with Crippen molar-refractivity contribution in [3.8, 4) is 0 Å². The molecule has 0 heterocycles. The number of hydrogen-bond acceptors (Lipinski definition) is 2. The molecule has 0 aliphatic rings. The monoisotopic (exact) mass is 244 g/mol. The predicted octanol–water partition coefficient (Wildman–Crippen LogP) is 2.91. The standard InChI is InChI=1S/C4H14N2P4.C2H6/c1-4(5-2)3-6-10(8)9-7;1-2/h5-6,9H,1,3,7-8H2,2H3;1-2H3. The average Bonchev–Trinajstić information content (AvgIpc) is 2.16. The third-order valence-corrected chi connectivity index (χ3v) is 10.1. The molecule has 6 heteroatoms. The Hall–Kier alpha value is 1.22. The summed E-state index contributed by atoms with van der Waals surface area (Å²) in [6.45, 7) is 8.67. The Labute approximate surface area is 83.8 Å². The van der Waals surface area contributed by atoms with Gasteiger partial charge in [0.2, 0.25) is 0 Å². The van der Waals surface area contributed by atoms with Crippen molar-refractivity contribution in [1.29, 1.82) is 0 Å². The Bertz CT molecular complexity index is 110. The van der Waals surface area contributed by atoms with Crippen LogP contribution in [0.25, 0.3) is 0 Å². The van der Waals surface area contributed by atoms with Crippen LogP contribution < -0.4 is 10.4 Å². The van der Waals surface area contributed by atoms with Gasteiger partial charge in [-0.1, -0.05) is 37.3 Å². The first-order valence-electron chi connectivity index (χ1n) is 3.80. The molecule has 74 valence electrons. The highest BCUT2D eigenvalue weighted by atomic mass is 32.6. The largest absolute Gasteiger partial charge is 0.391 e. The normalized spacial score (nSPS) is 12.1. The minimum Gasteiger partial charge on any atom is -0.391 e. The van der Waals surface area contributed by atoms with Crippen LogP contribution in [0, 0.1) is 0 Å². The van der Waals surface area contributed by atoms with E-state index in [1.54, 1.807) is 0 Å². The first kappa shape index (κ1) is 15.7. The van der Waals surface area contributed by atoms with E-state index in [0.29, 0.717) is 0 Å². The average molecular weight is 244 g/mol. The molecule has 4 atom stereocenters. The lowest BCUT2D eigenvalue weighted by molar-refractivity contribution is 0.900. The van der Waals surface area contributed by atoms with E-state index in [-0.39, 0.29) is 7.45 Å². The molecular formula is C6H20N2P4. The Morgan fingerprint density at radius 3 is 2.42 bits per heavy atom. The van der Waals surface area contributed by atoms with Gasteiger partial charge in [-0.15, -0.1) is 8.93 Å². The summed E-state index contributed by atoms with van der Waals surface area (Å²) in [6.07, 6.45) is 0. The molecule has 0 bridgehead atoms. The summed E-state index contributed by atoms with van der Waals surface area (Å²) in [6, 6.07) is 0. The number of likely N-dealkylation sites (N-methyl/N-ethyl adjacent to an activating group) is 1. The van der Waals surface area contributed by atoms with Gasteiger partial charge in [0.15, 0.2) is 0 Å². The fraction of sp³-hybridized carbons (Fsp3) is 0.667. The van der Waals surface area contributed by atoms with Gasteiger partial charge in [-0.25, -0.2) is 0 Å². The van der Waals surface area contributed by atoms with E-state index in [2.05, 4.69) is 34.8 Å². The van der Waals surface area contributed by atoms with Crippen molar-refractivity contribution in [2.24, 2.45) is 0 Å². The van der Waals surface area contributed by atoms with E-state index in [4.69, 9.17) is 0 Å². The van der Waals surface area contributed by atoms with E-state index in [0.717, 1.165) is 20.2 Å². The van der Waals surface area contributed by atoms with Gasteiger partial charge in [0.05, 0.1) is 0 Å². The summed E-state index contributed by atoms with van der Waals surface area (Å²) >= 11 is 0. The van der Waals surface area contributed by atoms with Gasteiger partial charge in [0, 0.05) is 26.7 Å². The number of rotatable bonds is 5. The van der Waals surface area contributed by atoms with E-state index < -0.39 is 0 Å². The molecule has 0 aromatic rings. The topological polar surface area (TPSA) is 24.1 Å². The molecule has 4 unspecified atom stereocenters. The molecule has 0 saturated heterocycles. The second-order valence-corrected chi connectivity index (χ2v) is 10.6. The van der Waals surface area contributed by atoms with Crippen LogP contribution in [-0.2, 0) is 0 Å². The maximum Gasteiger partial charge on any atom is 0.0389 e. The van der Waals surface area contributed by atoms with Crippen LogP contribution in [0.1, 0.15) is 13.8 Å². The molecular weight excluding hydrogens is 224 g/mol. The Kier molecular flexibility index (Phi) is 16.0. The first-order chi connectivity index (χ1) is 5.70. The van der Waals surface area contributed by atoms with Gasteiger partial charge < -0.3 is 5.32 Å². The van der Waals surface area contributed by atoms with Crippen molar-refractivity contribution in [2.75, 3.05) is 13.6 Å². The molecule has 0 fully saturated rings. The second-order valence-electron chi connectivity index (χ2n) is 1.69. The molecule has 0 aromatic heterocycles. The molecule has 2 nitrogen and oxygen atoms in total. The van der Waals surface area contributed by atoms with Gasteiger partial charge in [-0.05, 0) is 0 Å². The fourth-order valence-electron chi connectivity index (χ4n) is 0.315. The van der Waals surface area contributed by atoms with Crippen molar-refractivity contribution in [3.05, 3.63) is 12.3 Å². The summed E-state index contributed by atoms with van der Waals surface area (Å²) in [4.78, 5) is 0. The molecule has 12 heavy (non-hydrogen) atoms. The zero-order valence-electron chi connectivity index (χ0n) is 8.02. The van der Waals surface area contributed by atoms with Gasteiger partial charge in [0.1, 0.15) is 0 Å². The maximum absolute atomic E-state index is 3.80. The lowest BCUT2D eigenvalue weighted by Gasteiger charge is -2.11. The lowest BCUT2D eigenvalue weighted by Crippen LogP contribution is -2.16. The summed E-state index contributed by atoms with van der Waals surface area (Å²) in [5.41, 5.74) is 1.04. The highest BCUT2D eigenvalue weighted by Crippen LogP contribution is 2.62. The van der Waals surface area contributed by atoms with E-state index in [1.165, 1.54) is 0 Å². The third-order valence-electron chi connectivity index (χ3n) is 0.955. The zero-order chi connectivity index (χ0) is 9.98. The van der Waals surface area contributed by atoms with Crippen LogP contribution in [0.2, 0.25) is 0 Å². The minimum atomic E-state index is -0.0600. The predicted molar refractivity (Wildman–Crippen MR) is 72.2 cm³/mol. The molecule has 0 aliphatic carbocycles. The fourth-order valence-corrected chi connectivity index (χ4v) is 2.37. The third kappa shape index (κ3) is 11.2. The summed E-state index contributed by atoms with van der Waals surface area (Å²) in [5, 5.41) is 6.33. The summed E-state index contributed by atoms with van der Waals surface area (Å²) in [7, 11) is 8.26. The van der Waals surface area contributed by atoms with Crippen LogP contribution in [0.3, 0.4) is 0 Å². The quantitative estimate of drug-likeness (QED) is 0.726. The van der Waals surface area contributed by atoms with E-state index in [1.807, 2.05) is 20.9 Å². The number of nitrogens with one attached hydrogen (secondary N) is 2. The van der Waals surface area contributed by atoms with Crippen molar-refractivity contribution in [2.45, 2.75) is 13.8 Å². The van der Waals surface area contributed by atoms with Crippen LogP contribution in [-0.4, -0.2) is 13.6 Å². The summed E-state index contributed by atoms with van der Waals surface area (Å²) < 4.78 is 0. The van der Waals surface area contributed by atoms with E-state index in [9.17, 15) is 0 Å². The van der Waals surface area contributed by atoms with Gasteiger partial charge in [-0.3, -0.25) is 5.09 Å². The van der Waals surface area contributed by atoms with Crippen molar-refractivity contribution in [3.63, 3.8) is 0 Å². The van der Waals surface area contributed by atoms with Crippen molar-refractivity contribution in [1.82, 2.24) is 10.4 Å². The second kappa shape index (κ2) is 12.2. The van der Waals surface area contributed by atoms with Gasteiger partial charge in [-0.2, -0.15) is 0 Å². The first-order valence-corrected chi connectivity index (χ1v) is 10.4. The van der Waals surface area contributed by atoms with Crippen LogP contribution in [0.15, 0.2) is 12.3 Å². The Balaban J connectivity index is 0. The minimum absolute atomic E-state index is 0.0600. The highest BCUT2D eigenvalue weighted by molar-refractivity contribution is 8.60. The smallest absolute Gasteiger partial charge is 0.0389 e. The maximum atomic E-state index is 3.80. The number of hydrogen-bond donors (Lipinski definition) is 2. The highest BCUT2D eigenvalue weighted by Gasteiger charge is 1.95. The molecule has 0 radical (unpaired) electrons. The van der Waals surface area contributed by atoms with Crippen molar-refractivity contribution >= 4 is 33.3 Å². The van der Waals surface area contributed by atoms with Gasteiger partial charge >= 0.3 is 0 Å². The zero-order valence-corrected chi connectivity index (χ0v) is 12.2. The molecule has 0 spiro atoms. The lowest BCUT2D eigenvalue weighted by atomic mass is 10.5.